The quantitative estimate of drug-likeness (QED) is 0.875. The Bertz CT molecular complexity index is 697. The van der Waals surface area contributed by atoms with E-state index >= 15 is 0 Å². The number of hydrogen-bond donors (Lipinski definition) is 2. The molecule has 0 spiro atoms. The fraction of sp³-hybridized carbons (Fsp3) is 0.368. The molecule has 0 unspecified atom stereocenters. The number of rotatable bonds is 5. The highest BCUT2D eigenvalue weighted by molar-refractivity contribution is 5.95. The predicted octanol–water partition coefficient (Wildman–Crippen LogP) is 3.90. The van der Waals surface area contributed by atoms with Crippen LogP contribution in [0.5, 0.6) is 5.75 Å². The molecule has 1 aromatic carbocycles. The third-order valence-corrected chi connectivity index (χ3v) is 4.33. The SMILES string of the molecule is COc1ccccc1Nc1cncc(C(=O)NC2CCCCC2)c1. The summed E-state index contributed by atoms with van der Waals surface area (Å²) in [5.74, 6) is 0.688. The molecule has 1 aliphatic carbocycles. The smallest absolute Gasteiger partial charge is 0.253 e. The summed E-state index contributed by atoms with van der Waals surface area (Å²) in [4.78, 5) is 16.6. The lowest BCUT2D eigenvalue weighted by Crippen LogP contribution is -2.36. The second-order valence-electron chi connectivity index (χ2n) is 6.10. The predicted molar refractivity (Wildman–Crippen MR) is 94.9 cm³/mol. The highest BCUT2D eigenvalue weighted by Gasteiger charge is 2.17. The van der Waals surface area contributed by atoms with Crippen molar-refractivity contribution in [2.24, 2.45) is 0 Å². The van der Waals surface area contributed by atoms with Crippen molar-refractivity contribution in [1.82, 2.24) is 10.3 Å². The van der Waals surface area contributed by atoms with E-state index in [1.807, 2.05) is 30.3 Å². The van der Waals surface area contributed by atoms with E-state index in [1.165, 1.54) is 19.3 Å². The van der Waals surface area contributed by atoms with Gasteiger partial charge >= 0.3 is 0 Å². The topological polar surface area (TPSA) is 63.2 Å². The van der Waals surface area contributed by atoms with E-state index in [-0.39, 0.29) is 11.9 Å². The molecule has 0 aliphatic heterocycles. The molecule has 1 aromatic heterocycles. The van der Waals surface area contributed by atoms with Crippen LogP contribution in [-0.2, 0) is 0 Å². The second-order valence-corrected chi connectivity index (χ2v) is 6.10. The van der Waals surface area contributed by atoms with Crippen LogP contribution < -0.4 is 15.4 Å². The summed E-state index contributed by atoms with van der Waals surface area (Å²) in [6, 6.07) is 9.76. The largest absolute Gasteiger partial charge is 0.495 e. The Morgan fingerprint density at radius 3 is 2.75 bits per heavy atom. The van der Waals surface area contributed by atoms with Crippen LogP contribution in [0.15, 0.2) is 42.7 Å². The Morgan fingerprint density at radius 1 is 1.17 bits per heavy atom. The number of para-hydroxylation sites is 2. The van der Waals surface area contributed by atoms with Crippen molar-refractivity contribution < 1.29 is 9.53 Å². The molecule has 1 amide bonds. The molecule has 126 valence electrons. The van der Waals surface area contributed by atoms with Gasteiger partial charge in [0.05, 0.1) is 30.2 Å². The zero-order valence-electron chi connectivity index (χ0n) is 13.9. The van der Waals surface area contributed by atoms with Crippen molar-refractivity contribution in [3.8, 4) is 5.75 Å². The van der Waals surface area contributed by atoms with Gasteiger partial charge in [-0.3, -0.25) is 9.78 Å². The number of nitrogens with one attached hydrogen (secondary N) is 2. The molecule has 0 saturated heterocycles. The molecule has 1 saturated carbocycles. The summed E-state index contributed by atoms with van der Waals surface area (Å²) in [5.41, 5.74) is 2.17. The first-order valence-electron chi connectivity index (χ1n) is 8.42. The number of amides is 1. The Balaban J connectivity index is 1.70. The monoisotopic (exact) mass is 325 g/mol. The van der Waals surface area contributed by atoms with E-state index in [0.717, 1.165) is 30.0 Å². The standard InChI is InChI=1S/C19H23N3O2/c1-24-18-10-6-5-9-17(18)21-16-11-14(12-20-13-16)19(23)22-15-7-3-2-4-8-15/h5-6,9-13,15,21H,2-4,7-8H2,1H3,(H,22,23). The van der Waals surface area contributed by atoms with Gasteiger partial charge in [0.25, 0.3) is 5.91 Å². The Hall–Kier alpha value is -2.56. The van der Waals surface area contributed by atoms with Crippen molar-refractivity contribution in [2.45, 2.75) is 38.1 Å². The lowest BCUT2D eigenvalue weighted by atomic mass is 9.95. The van der Waals surface area contributed by atoms with Gasteiger partial charge in [0, 0.05) is 12.2 Å². The summed E-state index contributed by atoms with van der Waals surface area (Å²) in [5, 5.41) is 6.37. The first-order valence-corrected chi connectivity index (χ1v) is 8.42. The summed E-state index contributed by atoms with van der Waals surface area (Å²) in [6.45, 7) is 0. The second kappa shape index (κ2) is 7.81. The van der Waals surface area contributed by atoms with Gasteiger partial charge < -0.3 is 15.4 Å². The molecule has 0 radical (unpaired) electrons. The van der Waals surface area contributed by atoms with E-state index in [1.54, 1.807) is 19.5 Å². The maximum Gasteiger partial charge on any atom is 0.253 e. The molecule has 0 atom stereocenters. The van der Waals surface area contributed by atoms with Crippen LogP contribution >= 0.6 is 0 Å². The van der Waals surface area contributed by atoms with Gasteiger partial charge in [-0.1, -0.05) is 31.4 Å². The van der Waals surface area contributed by atoms with E-state index in [0.29, 0.717) is 5.56 Å². The van der Waals surface area contributed by atoms with Gasteiger partial charge in [-0.15, -0.1) is 0 Å². The van der Waals surface area contributed by atoms with Crippen molar-refractivity contribution >= 4 is 17.3 Å². The van der Waals surface area contributed by atoms with Crippen molar-refractivity contribution in [2.75, 3.05) is 12.4 Å². The minimum Gasteiger partial charge on any atom is -0.495 e. The first kappa shape index (κ1) is 16.3. The van der Waals surface area contributed by atoms with Crippen LogP contribution in [0.4, 0.5) is 11.4 Å². The maximum absolute atomic E-state index is 12.4. The molecule has 1 heterocycles. The van der Waals surface area contributed by atoms with E-state index in [4.69, 9.17) is 4.74 Å². The summed E-state index contributed by atoms with van der Waals surface area (Å²) >= 11 is 0. The molecule has 2 N–H and O–H groups in total. The molecule has 1 fully saturated rings. The number of aromatic nitrogens is 1. The molecule has 5 nitrogen and oxygen atoms in total. The van der Waals surface area contributed by atoms with E-state index < -0.39 is 0 Å². The number of hydrogen-bond acceptors (Lipinski definition) is 4. The van der Waals surface area contributed by atoms with Crippen LogP contribution in [0.2, 0.25) is 0 Å². The number of ether oxygens (including phenoxy) is 1. The maximum atomic E-state index is 12.4. The highest BCUT2D eigenvalue weighted by Crippen LogP contribution is 2.27. The summed E-state index contributed by atoms with van der Waals surface area (Å²) in [6.07, 6.45) is 9.09. The molecular weight excluding hydrogens is 302 g/mol. The zero-order chi connectivity index (χ0) is 16.8. The molecule has 5 heteroatoms. The molecule has 3 rings (SSSR count). The van der Waals surface area contributed by atoms with Gasteiger partial charge in [-0.2, -0.15) is 0 Å². The van der Waals surface area contributed by atoms with Gasteiger partial charge in [0.15, 0.2) is 0 Å². The molecule has 1 aliphatic rings. The first-order chi connectivity index (χ1) is 11.8. The van der Waals surface area contributed by atoms with Gasteiger partial charge in [-0.05, 0) is 31.0 Å². The zero-order valence-corrected chi connectivity index (χ0v) is 13.9. The fourth-order valence-electron chi connectivity index (χ4n) is 3.05. The Kier molecular flexibility index (Phi) is 5.31. The average molecular weight is 325 g/mol. The number of methoxy groups -OCH3 is 1. The minimum atomic E-state index is -0.0573. The number of carbonyl (C=O) groups excluding carboxylic acids is 1. The molecule has 0 bridgehead atoms. The summed E-state index contributed by atoms with van der Waals surface area (Å²) < 4.78 is 5.33. The molecule has 2 aromatic rings. The number of benzene rings is 1. The van der Waals surface area contributed by atoms with E-state index in [2.05, 4.69) is 15.6 Å². The van der Waals surface area contributed by atoms with Crippen LogP contribution in [0.1, 0.15) is 42.5 Å². The van der Waals surface area contributed by atoms with Gasteiger partial charge in [0.2, 0.25) is 0 Å². The lowest BCUT2D eigenvalue weighted by molar-refractivity contribution is 0.0927. The summed E-state index contributed by atoms with van der Waals surface area (Å²) in [7, 11) is 1.63. The number of anilines is 2. The number of carbonyl (C=O) groups is 1. The number of pyridine rings is 1. The highest BCUT2D eigenvalue weighted by atomic mass is 16.5. The van der Waals surface area contributed by atoms with E-state index in [9.17, 15) is 4.79 Å². The van der Waals surface area contributed by atoms with Gasteiger partial charge in [0.1, 0.15) is 5.75 Å². The van der Waals surface area contributed by atoms with Crippen LogP contribution in [0, 0.1) is 0 Å². The molecule has 24 heavy (non-hydrogen) atoms. The number of nitrogens with zero attached hydrogens (tertiary/aromatic N) is 1. The van der Waals surface area contributed by atoms with Crippen molar-refractivity contribution in [1.29, 1.82) is 0 Å². The fourth-order valence-corrected chi connectivity index (χ4v) is 3.05. The van der Waals surface area contributed by atoms with Crippen LogP contribution in [0.3, 0.4) is 0 Å². The third kappa shape index (κ3) is 4.04. The third-order valence-electron chi connectivity index (χ3n) is 4.33. The normalized spacial score (nSPS) is 14.9. The Labute approximate surface area is 142 Å². The van der Waals surface area contributed by atoms with Crippen molar-refractivity contribution in [3.05, 3.63) is 48.3 Å². The lowest BCUT2D eigenvalue weighted by Gasteiger charge is -2.22. The average Bonchev–Trinajstić information content (AvgIpc) is 2.63. The molecular formula is C19H23N3O2. The minimum absolute atomic E-state index is 0.0573. The van der Waals surface area contributed by atoms with Gasteiger partial charge in [-0.25, -0.2) is 0 Å². The van der Waals surface area contributed by atoms with Crippen LogP contribution in [-0.4, -0.2) is 24.0 Å². The van der Waals surface area contributed by atoms with Crippen LogP contribution in [0.25, 0.3) is 0 Å². The Morgan fingerprint density at radius 2 is 1.96 bits per heavy atom. The van der Waals surface area contributed by atoms with Crippen molar-refractivity contribution in [3.63, 3.8) is 0 Å².